The van der Waals surface area contributed by atoms with Crippen molar-refractivity contribution in [3.63, 3.8) is 0 Å². The second-order valence-electron chi connectivity index (χ2n) is 5.33. The first-order valence-electron chi connectivity index (χ1n) is 7.56. The minimum Gasteiger partial charge on any atom is -0.306 e. The maximum absolute atomic E-state index is 4.58. The van der Waals surface area contributed by atoms with Gasteiger partial charge in [-0.3, -0.25) is 0 Å². The van der Waals surface area contributed by atoms with Crippen molar-refractivity contribution >= 4 is 33.4 Å². The van der Waals surface area contributed by atoms with Gasteiger partial charge in [0.15, 0.2) is 0 Å². The first-order valence-corrected chi connectivity index (χ1v) is 9.26. The SMILES string of the molecule is c1csc(CNCc2ncc(-c3cccc4ccccc34)s2)c1. The molecule has 0 amide bonds. The number of hydrogen-bond donors (Lipinski definition) is 1. The molecule has 2 aromatic heterocycles. The zero-order valence-corrected chi connectivity index (χ0v) is 14.2. The van der Waals surface area contributed by atoms with Gasteiger partial charge in [-0.05, 0) is 22.2 Å². The third-order valence-corrected chi connectivity index (χ3v) is 5.67. The summed E-state index contributed by atoms with van der Waals surface area (Å²) < 4.78 is 0. The van der Waals surface area contributed by atoms with Gasteiger partial charge in [0.1, 0.15) is 5.01 Å². The Labute approximate surface area is 143 Å². The lowest BCUT2D eigenvalue weighted by Gasteiger charge is -2.03. The summed E-state index contributed by atoms with van der Waals surface area (Å²) in [6, 6.07) is 19.2. The molecule has 0 spiro atoms. The molecule has 2 heterocycles. The largest absolute Gasteiger partial charge is 0.306 e. The predicted octanol–water partition coefficient (Wildman–Crippen LogP) is 5.31. The van der Waals surface area contributed by atoms with Crippen molar-refractivity contribution in [2.45, 2.75) is 13.1 Å². The lowest BCUT2D eigenvalue weighted by molar-refractivity contribution is 0.697. The zero-order valence-electron chi connectivity index (χ0n) is 12.5. The van der Waals surface area contributed by atoms with Gasteiger partial charge in [-0.15, -0.1) is 22.7 Å². The van der Waals surface area contributed by atoms with E-state index in [1.165, 1.54) is 26.1 Å². The molecule has 0 unspecified atom stereocenters. The lowest BCUT2D eigenvalue weighted by Crippen LogP contribution is -2.11. The fourth-order valence-corrected chi connectivity index (χ4v) is 4.26. The number of thiophene rings is 1. The highest BCUT2D eigenvalue weighted by atomic mass is 32.1. The Hall–Kier alpha value is -2.01. The normalized spacial score (nSPS) is 11.1. The maximum atomic E-state index is 4.58. The summed E-state index contributed by atoms with van der Waals surface area (Å²) in [6.45, 7) is 1.72. The van der Waals surface area contributed by atoms with Crippen molar-refractivity contribution in [2.75, 3.05) is 0 Å². The molecule has 0 saturated carbocycles. The number of benzene rings is 2. The third kappa shape index (κ3) is 3.20. The van der Waals surface area contributed by atoms with Gasteiger partial charge in [0.2, 0.25) is 0 Å². The summed E-state index contributed by atoms with van der Waals surface area (Å²) in [5.74, 6) is 0. The second kappa shape index (κ2) is 6.62. The molecule has 114 valence electrons. The number of rotatable bonds is 5. The first kappa shape index (κ1) is 14.6. The number of thiazole rings is 1. The molecule has 1 N–H and O–H groups in total. The monoisotopic (exact) mass is 336 g/mol. The van der Waals surface area contributed by atoms with Crippen LogP contribution in [0.15, 0.2) is 66.2 Å². The molecule has 0 aliphatic rings. The minimum atomic E-state index is 0.813. The van der Waals surface area contributed by atoms with Crippen LogP contribution < -0.4 is 5.32 Å². The molecule has 0 atom stereocenters. The van der Waals surface area contributed by atoms with Crippen LogP contribution in [-0.2, 0) is 13.1 Å². The number of hydrogen-bond acceptors (Lipinski definition) is 4. The summed E-state index contributed by atoms with van der Waals surface area (Å²) >= 11 is 3.55. The van der Waals surface area contributed by atoms with Crippen LogP contribution in [-0.4, -0.2) is 4.98 Å². The van der Waals surface area contributed by atoms with Crippen LogP contribution in [0.2, 0.25) is 0 Å². The van der Waals surface area contributed by atoms with Crippen molar-refractivity contribution in [1.29, 1.82) is 0 Å². The average molecular weight is 336 g/mol. The Bertz CT molecular complexity index is 905. The van der Waals surface area contributed by atoms with E-state index in [0.29, 0.717) is 0 Å². The molecule has 0 bridgehead atoms. The molecule has 0 radical (unpaired) electrons. The highest BCUT2D eigenvalue weighted by Gasteiger charge is 2.07. The molecule has 0 saturated heterocycles. The lowest BCUT2D eigenvalue weighted by atomic mass is 10.0. The molecule has 4 rings (SSSR count). The fraction of sp³-hybridized carbons (Fsp3) is 0.105. The third-order valence-electron chi connectivity index (χ3n) is 3.76. The van der Waals surface area contributed by atoms with E-state index in [2.05, 4.69) is 70.3 Å². The predicted molar refractivity (Wildman–Crippen MR) is 99.9 cm³/mol. The van der Waals surface area contributed by atoms with E-state index in [9.17, 15) is 0 Å². The van der Waals surface area contributed by atoms with Crippen LogP contribution in [0.5, 0.6) is 0 Å². The molecular weight excluding hydrogens is 320 g/mol. The van der Waals surface area contributed by atoms with E-state index in [-0.39, 0.29) is 0 Å². The van der Waals surface area contributed by atoms with E-state index in [4.69, 9.17) is 0 Å². The van der Waals surface area contributed by atoms with E-state index in [0.717, 1.165) is 18.1 Å². The van der Waals surface area contributed by atoms with E-state index >= 15 is 0 Å². The van der Waals surface area contributed by atoms with Gasteiger partial charge >= 0.3 is 0 Å². The fourth-order valence-electron chi connectivity index (χ4n) is 2.66. The first-order chi connectivity index (χ1) is 11.4. The zero-order chi connectivity index (χ0) is 15.5. The van der Waals surface area contributed by atoms with Crippen molar-refractivity contribution in [3.8, 4) is 10.4 Å². The van der Waals surface area contributed by atoms with Crippen molar-refractivity contribution in [2.24, 2.45) is 0 Å². The molecule has 0 aliphatic heterocycles. The van der Waals surface area contributed by atoms with Gasteiger partial charge in [0.25, 0.3) is 0 Å². The van der Waals surface area contributed by atoms with E-state index in [1.54, 1.807) is 22.7 Å². The molecule has 4 aromatic rings. The standard InChI is InChI=1S/C19H16N2S2/c1-2-8-16-14(5-1)6-3-9-17(16)18-12-21-19(23-18)13-20-11-15-7-4-10-22-15/h1-10,12,20H,11,13H2. The quantitative estimate of drug-likeness (QED) is 0.534. The average Bonchev–Trinajstić information content (AvgIpc) is 3.26. The van der Waals surface area contributed by atoms with Gasteiger partial charge in [-0.2, -0.15) is 0 Å². The molecule has 2 aromatic carbocycles. The van der Waals surface area contributed by atoms with Crippen LogP contribution in [0.25, 0.3) is 21.2 Å². The topological polar surface area (TPSA) is 24.9 Å². The molecule has 0 aliphatic carbocycles. The summed E-state index contributed by atoms with van der Waals surface area (Å²) in [6.07, 6.45) is 1.99. The highest BCUT2D eigenvalue weighted by Crippen LogP contribution is 2.32. The van der Waals surface area contributed by atoms with Crippen LogP contribution in [0, 0.1) is 0 Å². The van der Waals surface area contributed by atoms with Crippen LogP contribution in [0.3, 0.4) is 0 Å². The van der Waals surface area contributed by atoms with E-state index in [1.807, 2.05) is 6.20 Å². The Morgan fingerprint density at radius 3 is 2.74 bits per heavy atom. The van der Waals surface area contributed by atoms with Crippen molar-refractivity contribution in [1.82, 2.24) is 10.3 Å². The van der Waals surface area contributed by atoms with E-state index < -0.39 is 0 Å². The summed E-state index contributed by atoms with van der Waals surface area (Å²) in [4.78, 5) is 7.17. The smallest absolute Gasteiger partial charge is 0.107 e. The van der Waals surface area contributed by atoms with Crippen LogP contribution >= 0.6 is 22.7 Å². The molecule has 0 fully saturated rings. The number of fused-ring (bicyclic) bond motifs is 1. The maximum Gasteiger partial charge on any atom is 0.107 e. The summed E-state index contributed by atoms with van der Waals surface area (Å²) in [7, 11) is 0. The Morgan fingerprint density at radius 2 is 1.83 bits per heavy atom. The Balaban J connectivity index is 1.53. The molecule has 4 heteroatoms. The second-order valence-corrected chi connectivity index (χ2v) is 7.48. The summed E-state index contributed by atoms with van der Waals surface area (Å²) in [5, 5.41) is 9.27. The number of aromatic nitrogens is 1. The molecular formula is C19H16N2S2. The summed E-state index contributed by atoms with van der Waals surface area (Å²) in [5.41, 5.74) is 1.27. The van der Waals surface area contributed by atoms with Crippen LogP contribution in [0.1, 0.15) is 9.88 Å². The minimum absolute atomic E-state index is 0.813. The van der Waals surface area contributed by atoms with Gasteiger partial charge in [0, 0.05) is 29.7 Å². The van der Waals surface area contributed by atoms with Crippen molar-refractivity contribution in [3.05, 3.63) is 76.1 Å². The van der Waals surface area contributed by atoms with Crippen molar-refractivity contribution < 1.29 is 0 Å². The Kier molecular flexibility index (Phi) is 4.20. The van der Waals surface area contributed by atoms with Gasteiger partial charge in [0.05, 0.1) is 4.88 Å². The molecule has 23 heavy (non-hydrogen) atoms. The van der Waals surface area contributed by atoms with Gasteiger partial charge < -0.3 is 5.32 Å². The van der Waals surface area contributed by atoms with Gasteiger partial charge in [-0.25, -0.2) is 4.98 Å². The highest BCUT2D eigenvalue weighted by molar-refractivity contribution is 7.15. The number of nitrogens with one attached hydrogen (secondary N) is 1. The van der Waals surface area contributed by atoms with Gasteiger partial charge in [-0.1, -0.05) is 48.5 Å². The number of nitrogens with zero attached hydrogens (tertiary/aromatic N) is 1. The Morgan fingerprint density at radius 1 is 0.913 bits per heavy atom. The molecule has 2 nitrogen and oxygen atoms in total. The van der Waals surface area contributed by atoms with Crippen LogP contribution in [0.4, 0.5) is 0 Å².